The summed E-state index contributed by atoms with van der Waals surface area (Å²) in [5.74, 6) is -1.96. The van der Waals surface area contributed by atoms with Crippen molar-refractivity contribution >= 4 is 29.3 Å². The number of rotatable bonds is 6. The molecule has 2 fully saturated rings. The fraction of sp³-hybridized carbons (Fsp3) is 0.435. The van der Waals surface area contributed by atoms with Crippen molar-refractivity contribution in [3.8, 4) is 0 Å². The van der Waals surface area contributed by atoms with Crippen LogP contribution in [0.15, 0.2) is 29.2 Å². The van der Waals surface area contributed by atoms with E-state index in [0.29, 0.717) is 44.5 Å². The van der Waals surface area contributed by atoms with Crippen LogP contribution in [0.4, 0.5) is 22.0 Å². The number of hydrogen-bond acceptors (Lipinski definition) is 3. The predicted octanol–water partition coefficient (Wildman–Crippen LogP) is 6.37. The molecule has 2 aromatic carbocycles. The van der Waals surface area contributed by atoms with Gasteiger partial charge in [0, 0.05) is 16.7 Å². The summed E-state index contributed by atoms with van der Waals surface area (Å²) in [5.41, 5.74) is 5.98. The van der Waals surface area contributed by atoms with Gasteiger partial charge < -0.3 is 5.73 Å². The average molecular weight is 505 g/mol. The van der Waals surface area contributed by atoms with Gasteiger partial charge in [-0.2, -0.15) is 13.2 Å². The highest BCUT2D eigenvalue weighted by molar-refractivity contribution is 8.00. The first-order valence-electron chi connectivity index (χ1n) is 10.6. The molecule has 0 atom stereocenters. The number of primary amides is 1. The van der Waals surface area contributed by atoms with Crippen LogP contribution in [-0.2, 0) is 12.7 Å². The number of benzene rings is 2. The van der Waals surface area contributed by atoms with Crippen molar-refractivity contribution in [3.63, 3.8) is 0 Å². The van der Waals surface area contributed by atoms with Gasteiger partial charge in [-0.1, -0.05) is 11.6 Å². The SMILES string of the molecule is NC(=O)c1cc(C2CC2)c(CN2CCC(Sc3cc(C(F)(F)F)cc(Cl)c3F)CC2)cc1F. The van der Waals surface area contributed by atoms with Crippen molar-refractivity contribution in [1.82, 2.24) is 4.90 Å². The summed E-state index contributed by atoms with van der Waals surface area (Å²) < 4.78 is 67.9. The van der Waals surface area contributed by atoms with Crippen LogP contribution in [0.25, 0.3) is 0 Å². The Morgan fingerprint density at radius 1 is 1.09 bits per heavy atom. The van der Waals surface area contributed by atoms with E-state index < -0.39 is 34.3 Å². The van der Waals surface area contributed by atoms with E-state index in [2.05, 4.69) is 4.90 Å². The predicted molar refractivity (Wildman–Crippen MR) is 117 cm³/mol. The number of carbonyl (C=O) groups is 1. The van der Waals surface area contributed by atoms with Crippen LogP contribution in [0, 0.1) is 11.6 Å². The van der Waals surface area contributed by atoms with Crippen LogP contribution in [0.1, 0.15) is 58.6 Å². The smallest absolute Gasteiger partial charge is 0.366 e. The molecule has 10 heteroatoms. The van der Waals surface area contributed by atoms with Gasteiger partial charge in [-0.15, -0.1) is 11.8 Å². The lowest BCUT2D eigenvalue weighted by atomic mass is 9.98. The number of thioether (sulfide) groups is 1. The Kier molecular flexibility index (Phi) is 6.94. The fourth-order valence-electron chi connectivity index (χ4n) is 4.15. The Morgan fingerprint density at radius 2 is 1.76 bits per heavy atom. The third kappa shape index (κ3) is 5.63. The van der Waals surface area contributed by atoms with Crippen molar-refractivity contribution in [3.05, 3.63) is 63.2 Å². The monoisotopic (exact) mass is 504 g/mol. The van der Waals surface area contributed by atoms with Gasteiger partial charge >= 0.3 is 6.18 Å². The topological polar surface area (TPSA) is 46.3 Å². The minimum atomic E-state index is -4.60. The van der Waals surface area contributed by atoms with Gasteiger partial charge in [-0.25, -0.2) is 8.78 Å². The molecule has 1 aliphatic carbocycles. The maximum absolute atomic E-state index is 14.4. The molecule has 0 aromatic heterocycles. The summed E-state index contributed by atoms with van der Waals surface area (Å²) in [4.78, 5) is 13.5. The Morgan fingerprint density at radius 3 is 2.33 bits per heavy atom. The second kappa shape index (κ2) is 9.43. The summed E-state index contributed by atoms with van der Waals surface area (Å²) in [6, 6.07) is 4.36. The van der Waals surface area contributed by atoms with E-state index >= 15 is 0 Å². The van der Waals surface area contributed by atoms with Crippen LogP contribution < -0.4 is 5.73 Å². The molecule has 4 rings (SSSR count). The zero-order valence-electron chi connectivity index (χ0n) is 17.5. The average Bonchev–Trinajstić information content (AvgIpc) is 3.57. The van der Waals surface area contributed by atoms with Gasteiger partial charge in [0.1, 0.15) is 5.82 Å². The number of likely N-dealkylation sites (tertiary alicyclic amines) is 1. The minimum absolute atomic E-state index is 0.0628. The molecular formula is C23H22ClF5N2OS. The maximum atomic E-state index is 14.4. The van der Waals surface area contributed by atoms with E-state index in [1.54, 1.807) is 6.07 Å². The highest BCUT2D eigenvalue weighted by atomic mass is 35.5. The van der Waals surface area contributed by atoms with E-state index in [9.17, 15) is 26.7 Å². The molecule has 0 bridgehead atoms. The molecule has 2 N–H and O–H groups in total. The van der Waals surface area contributed by atoms with Crippen LogP contribution in [-0.4, -0.2) is 29.1 Å². The number of nitrogens with zero attached hydrogens (tertiary/aromatic N) is 1. The summed E-state index contributed by atoms with van der Waals surface area (Å²) >= 11 is 6.76. The first-order chi connectivity index (χ1) is 15.5. The zero-order valence-corrected chi connectivity index (χ0v) is 19.1. The third-order valence-corrected chi connectivity index (χ3v) is 7.69. The van der Waals surface area contributed by atoms with Gasteiger partial charge in [0.15, 0.2) is 5.82 Å². The number of halogens is 6. The molecular weight excluding hydrogens is 483 g/mol. The standard InChI is InChI=1S/C23H22ClF5N2OS/c24-18-8-14(23(27,28)29)9-20(21(18)26)33-15-3-5-31(6-4-15)11-13-7-19(25)17(22(30)32)10-16(13)12-1-2-12/h7-10,12,15H,1-6,11H2,(H2,30,32). The van der Waals surface area contributed by atoms with Crippen molar-refractivity contribution in [2.75, 3.05) is 13.1 Å². The maximum Gasteiger partial charge on any atom is 0.416 e. The van der Waals surface area contributed by atoms with E-state index in [1.807, 2.05) is 0 Å². The summed E-state index contributed by atoms with van der Waals surface area (Å²) in [5, 5.41) is -0.606. The van der Waals surface area contributed by atoms with Gasteiger partial charge in [0.05, 0.1) is 16.1 Å². The zero-order chi connectivity index (χ0) is 23.9. The summed E-state index contributed by atoms with van der Waals surface area (Å²) in [7, 11) is 0. The van der Waals surface area contributed by atoms with Crippen LogP contribution >= 0.6 is 23.4 Å². The van der Waals surface area contributed by atoms with E-state index in [0.717, 1.165) is 41.8 Å². The van der Waals surface area contributed by atoms with Crippen LogP contribution in [0.5, 0.6) is 0 Å². The van der Waals surface area contributed by atoms with Crippen molar-refractivity contribution in [1.29, 1.82) is 0 Å². The van der Waals surface area contributed by atoms with Gasteiger partial charge in [0.25, 0.3) is 5.91 Å². The highest BCUT2D eigenvalue weighted by Crippen LogP contribution is 2.43. The molecule has 1 saturated carbocycles. The molecule has 2 aromatic rings. The number of alkyl halides is 3. The molecule has 0 spiro atoms. The molecule has 178 valence electrons. The molecule has 0 radical (unpaired) electrons. The lowest BCUT2D eigenvalue weighted by Gasteiger charge is -2.32. The molecule has 1 aliphatic heterocycles. The molecule has 2 aliphatic rings. The normalized spacial score (nSPS) is 18.0. The summed E-state index contributed by atoms with van der Waals surface area (Å²) in [6.07, 6.45) is -1.35. The lowest BCUT2D eigenvalue weighted by molar-refractivity contribution is -0.137. The Labute approximate surface area is 197 Å². The van der Waals surface area contributed by atoms with E-state index in [-0.39, 0.29) is 15.7 Å². The van der Waals surface area contributed by atoms with E-state index in [1.165, 1.54) is 6.07 Å². The second-order valence-electron chi connectivity index (χ2n) is 8.53. The molecule has 0 unspecified atom stereocenters. The first kappa shape index (κ1) is 24.3. The minimum Gasteiger partial charge on any atom is -0.366 e. The van der Waals surface area contributed by atoms with Crippen LogP contribution in [0.2, 0.25) is 5.02 Å². The quantitative estimate of drug-likeness (QED) is 0.465. The number of carbonyl (C=O) groups excluding carboxylic acids is 1. The molecule has 1 heterocycles. The molecule has 1 amide bonds. The van der Waals surface area contributed by atoms with Gasteiger partial charge in [-0.05, 0) is 80.1 Å². The van der Waals surface area contributed by atoms with E-state index in [4.69, 9.17) is 17.3 Å². The third-order valence-electron chi connectivity index (χ3n) is 6.06. The second-order valence-corrected chi connectivity index (χ2v) is 10.3. The summed E-state index contributed by atoms with van der Waals surface area (Å²) in [6.45, 7) is 1.77. The Hall–Kier alpha value is -1.84. The lowest BCUT2D eigenvalue weighted by Crippen LogP contribution is -2.34. The van der Waals surface area contributed by atoms with Crippen molar-refractivity contribution < 1.29 is 26.7 Å². The Balaban J connectivity index is 1.42. The van der Waals surface area contributed by atoms with Gasteiger partial charge in [-0.3, -0.25) is 9.69 Å². The first-order valence-corrected chi connectivity index (χ1v) is 11.9. The largest absolute Gasteiger partial charge is 0.416 e. The van der Waals surface area contributed by atoms with Gasteiger partial charge in [0.2, 0.25) is 0 Å². The number of piperidine rings is 1. The number of hydrogen-bond donors (Lipinski definition) is 1. The molecule has 1 saturated heterocycles. The number of nitrogens with two attached hydrogens (primary N) is 1. The van der Waals surface area contributed by atoms with Crippen LogP contribution in [0.3, 0.4) is 0 Å². The number of amides is 1. The Bertz CT molecular complexity index is 1070. The van der Waals surface area contributed by atoms with Crippen molar-refractivity contribution in [2.45, 2.75) is 54.5 Å². The van der Waals surface area contributed by atoms with Crippen molar-refractivity contribution in [2.24, 2.45) is 5.73 Å². The fourth-order valence-corrected chi connectivity index (χ4v) is 5.64. The highest BCUT2D eigenvalue weighted by Gasteiger charge is 2.33. The molecule has 3 nitrogen and oxygen atoms in total. The molecule has 33 heavy (non-hydrogen) atoms.